The van der Waals surface area contributed by atoms with Crippen LogP contribution in [-0.4, -0.2) is 25.7 Å². The van der Waals surface area contributed by atoms with Gasteiger partial charge in [-0.25, -0.2) is 0 Å². The second-order valence-corrected chi connectivity index (χ2v) is 6.01. The van der Waals surface area contributed by atoms with Crippen molar-refractivity contribution in [3.8, 4) is 0 Å². The normalized spacial score (nSPS) is 25.8. The highest BCUT2D eigenvalue weighted by Gasteiger charge is 2.37. The van der Waals surface area contributed by atoms with E-state index in [1.807, 2.05) is 20.8 Å². The quantitative estimate of drug-likeness (QED) is 0.724. The van der Waals surface area contributed by atoms with E-state index in [9.17, 15) is 9.59 Å². The maximum Gasteiger partial charge on any atom is 0.311 e. The second-order valence-electron chi connectivity index (χ2n) is 6.01. The summed E-state index contributed by atoms with van der Waals surface area (Å²) in [4.78, 5) is 21.8. The molecule has 0 aromatic carbocycles. The Morgan fingerprint density at radius 2 is 2.00 bits per heavy atom. The average Bonchev–Trinajstić information content (AvgIpc) is 2.81. The van der Waals surface area contributed by atoms with E-state index in [2.05, 4.69) is 4.74 Å². The number of hydrogen-bond acceptors (Lipinski definition) is 4. The van der Waals surface area contributed by atoms with Crippen LogP contribution in [0.1, 0.15) is 52.9 Å². The molecule has 19 heavy (non-hydrogen) atoms. The summed E-state index contributed by atoms with van der Waals surface area (Å²) in [5.74, 6) is 0.768. The van der Waals surface area contributed by atoms with Crippen molar-refractivity contribution in [2.24, 2.45) is 17.3 Å². The van der Waals surface area contributed by atoms with E-state index in [-0.39, 0.29) is 23.3 Å². The number of hydrogen-bond donors (Lipinski definition) is 0. The molecule has 1 aliphatic carbocycles. The summed E-state index contributed by atoms with van der Waals surface area (Å²) in [6, 6.07) is 0. The monoisotopic (exact) mass is 270 g/mol. The van der Waals surface area contributed by atoms with Crippen molar-refractivity contribution >= 4 is 11.9 Å². The van der Waals surface area contributed by atoms with Gasteiger partial charge in [0.15, 0.2) is 0 Å². The predicted molar refractivity (Wildman–Crippen MR) is 72.5 cm³/mol. The van der Waals surface area contributed by atoms with Crippen molar-refractivity contribution in [2.75, 3.05) is 13.7 Å². The highest BCUT2D eigenvalue weighted by atomic mass is 16.5. The molecule has 1 heterocycles. The van der Waals surface area contributed by atoms with Gasteiger partial charge < -0.3 is 9.47 Å². The number of carbonyl (C=O) groups excluding carboxylic acids is 2. The first-order valence-electron chi connectivity index (χ1n) is 7.17. The number of ether oxygens (including phenoxy) is 2. The Balaban J connectivity index is 0.000000192. The number of fused-ring (bicyclic) bond motifs is 1. The van der Waals surface area contributed by atoms with E-state index in [1.165, 1.54) is 26.4 Å². The highest BCUT2D eigenvalue weighted by molar-refractivity contribution is 5.75. The fourth-order valence-electron chi connectivity index (χ4n) is 2.43. The number of carbonyl (C=O) groups is 2. The third kappa shape index (κ3) is 4.22. The number of methoxy groups -OCH3 is 1. The fourth-order valence-corrected chi connectivity index (χ4v) is 2.43. The zero-order chi connectivity index (χ0) is 14.5. The Labute approximate surface area is 115 Å². The molecule has 0 radical (unpaired) electrons. The van der Waals surface area contributed by atoms with Crippen LogP contribution in [0.4, 0.5) is 0 Å². The minimum absolute atomic E-state index is 0.0599. The van der Waals surface area contributed by atoms with E-state index in [0.29, 0.717) is 12.5 Å². The van der Waals surface area contributed by atoms with Gasteiger partial charge in [-0.05, 0) is 33.1 Å². The van der Waals surface area contributed by atoms with Gasteiger partial charge in [0.1, 0.15) is 0 Å². The van der Waals surface area contributed by atoms with E-state index in [1.54, 1.807) is 0 Å². The molecule has 0 aromatic heterocycles. The smallest absolute Gasteiger partial charge is 0.311 e. The molecule has 0 amide bonds. The van der Waals surface area contributed by atoms with Crippen molar-refractivity contribution in [3.05, 3.63) is 0 Å². The van der Waals surface area contributed by atoms with Crippen LogP contribution in [0.2, 0.25) is 0 Å². The molecular formula is C15H26O4. The van der Waals surface area contributed by atoms with Crippen LogP contribution in [0.15, 0.2) is 0 Å². The Bertz CT molecular complexity index is 322. The third-order valence-corrected chi connectivity index (χ3v) is 4.27. The third-order valence-electron chi connectivity index (χ3n) is 4.27. The minimum atomic E-state index is -0.311. The van der Waals surface area contributed by atoms with Gasteiger partial charge in [-0.2, -0.15) is 0 Å². The summed E-state index contributed by atoms with van der Waals surface area (Å²) in [7, 11) is 1.42. The van der Waals surface area contributed by atoms with Crippen molar-refractivity contribution in [3.63, 3.8) is 0 Å². The molecule has 0 bridgehead atoms. The van der Waals surface area contributed by atoms with Gasteiger partial charge in [0, 0.05) is 5.92 Å². The molecule has 0 N–H and O–H groups in total. The lowest BCUT2D eigenvalue weighted by atomic mass is 9.81. The SMILES string of the molecule is CCC(C)(C)C(=O)OC.O=C1OCC2CCCCC12. The lowest BCUT2D eigenvalue weighted by molar-refractivity contribution is -0.150. The molecular weight excluding hydrogens is 244 g/mol. The Morgan fingerprint density at radius 3 is 2.47 bits per heavy atom. The van der Waals surface area contributed by atoms with Crippen LogP contribution in [0, 0.1) is 17.3 Å². The molecule has 4 heteroatoms. The molecule has 1 saturated heterocycles. The molecule has 0 spiro atoms. The van der Waals surface area contributed by atoms with Crippen LogP contribution >= 0.6 is 0 Å². The molecule has 0 aromatic rings. The Morgan fingerprint density at radius 1 is 1.37 bits per heavy atom. The maximum atomic E-state index is 11.0. The summed E-state index contributed by atoms with van der Waals surface area (Å²) in [5, 5.41) is 0. The van der Waals surface area contributed by atoms with Crippen LogP contribution in [0.5, 0.6) is 0 Å². The fraction of sp³-hybridized carbons (Fsp3) is 0.867. The summed E-state index contributed by atoms with van der Waals surface area (Å²) >= 11 is 0. The first kappa shape index (κ1) is 16.0. The van der Waals surface area contributed by atoms with Crippen molar-refractivity contribution in [1.29, 1.82) is 0 Å². The summed E-state index contributed by atoms with van der Waals surface area (Å²) in [5.41, 5.74) is -0.311. The Hall–Kier alpha value is -1.06. The predicted octanol–water partition coefficient (Wildman–Crippen LogP) is 2.95. The summed E-state index contributed by atoms with van der Waals surface area (Å²) in [6.45, 7) is 6.41. The van der Waals surface area contributed by atoms with Crippen molar-refractivity contribution in [1.82, 2.24) is 0 Å². The largest absolute Gasteiger partial charge is 0.469 e. The minimum Gasteiger partial charge on any atom is -0.469 e. The van der Waals surface area contributed by atoms with Gasteiger partial charge in [-0.1, -0.05) is 19.8 Å². The van der Waals surface area contributed by atoms with Gasteiger partial charge >= 0.3 is 11.9 Å². The number of esters is 2. The standard InChI is InChI=1S/C8H12O2.C7H14O2/c9-8-7-4-2-1-3-6(7)5-10-8;1-5-7(2,3)6(8)9-4/h6-7H,1-5H2;5H2,1-4H3. The van der Waals surface area contributed by atoms with Crippen LogP contribution in [0.25, 0.3) is 0 Å². The van der Waals surface area contributed by atoms with Gasteiger partial charge in [0.05, 0.1) is 25.0 Å². The van der Waals surface area contributed by atoms with E-state index in [4.69, 9.17) is 4.74 Å². The van der Waals surface area contributed by atoms with Crippen LogP contribution in [-0.2, 0) is 19.1 Å². The molecule has 1 saturated carbocycles. The zero-order valence-corrected chi connectivity index (χ0v) is 12.5. The molecule has 2 rings (SSSR count). The lowest BCUT2D eigenvalue weighted by Crippen LogP contribution is -2.24. The molecule has 1 aliphatic heterocycles. The van der Waals surface area contributed by atoms with Crippen LogP contribution in [0.3, 0.4) is 0 Å². The molecule has 2 atom stereocenters. The molecule has 4 nitrogen and oxygen atoms in total. The van der Waals surface area contributed by atoms with Gasteiger partial charge in [-0.15, -0.1) is 0 Å². The zero-order valence-electron chi connectivity index (χ0n) is 12.5. The Kier molecular flexibility index (Phi) is 5.83. The lowest BCUT2D eigenvalue weighted by Gasteiger charge is -2.19. The highest BCUT2D eigenvalue weighted by Crippen LogP contribution is 2.35. The van der Waals surface area contributed by atoms with Gasteiger partial charge in [0.25, 0.3) is 0 Å². The summed E-state index contributed by atoms with van der Waals surface area (Å²) in [6.07, 6.45) is 5.60. The number of rotatable bonds is 2. The van der Waals surface area contributed by atoms with E-state index in [0.717, 1.165) is 12.8 Å². The molecule has 2 fully saturated rings. The maximum absolute atomic E-state index is 11.0. The molecule has 2 aliphatic rings. The number of cyclic esters (lactones) is 1. The molecule has 2 unspecified atom stereocenters. The van der Waals surface area contributed by atoms with Gasteiger partial charge in [0.2, 0.25) is 0 Å². The second kappa shape index (κ2) is 6.92. The first-order chi connectivity index (χ1) is 8.92. The average molecular weight is 270 g/mol. The topological polar surface area (TPSA) is 52.6 Å². The first-order valence-corrected chi connectivity index (χ1v) is 7.17. The van der Waals surface area contributed by atoms with Crippen LogP contribution < -0.4 is 0 Å². The van der Waals surface area contributed by atoms with E-state index >= 15 is 0 Å². The van der Waals surface area contributed by atoms with E-state index < -0.39 is 0 Å². The van der Waals surface area contributed by atoms with Crippen molar-refractivity contribution < 1.29 is 19.1 Å². The van der Waals surface area contributed by atoms with Gasteiger partial charge in [-0.3, -0.25) is 9.59 Å². The summed E-state index contributed by atoms with van der Waals surface area (Å²) < 4.78 is 9.53. The van der Waals surface area contributed by atoms with Crippen molar-refractivity contribution in [2.45, 2.75) is 52.9 Å². The molecule has 110 valence electrons.